The lowest BCUT2D eigenvalue weighted by molar-refractivity contribution is -0.144. The molecule has 0 saturated heterocycles. The van der Waals surface area contributed by atoms with E-state index in [1.54, 1.807) is 0 Å². The second kappa shape index (κ2) is 5.59. The highest BCUT2D eigenvalue weighted by atomic mass is 16.4. The molecule has 4 atom stereocenters. The fraction of sp³-hybridized carbons (Fsp3) is 0.769. The first kappa shape index (κ1) is 13.8. The van der Waals surface area contributed by atoms with E-state index in [2.05, 4.69) is 5.32 Å². The van der Waals surface area contributed by atoms with E-state index in [4.69, 9.17) is 10.2 Å². The third kappa shape index (κ3) is 3.24. The average molecular weight is 269 g/mol. The summed E-state index contributed by atoms with van der Waals surface area (Å²) >= 11 is 0. The van der Waals surface area contributed by atoms with Crippen molar-refractivity contribution in [2.75, 3.05) is 0 Å². The Labute approximate surface area is 111 Å². The Morgan fingerprint density at radius 2 is 1.89 bits per heavy atom. The fourth-order valence-electron chi connectivity index (χ4n) is 3.37. The van der Waals surface area contributed by atoms with Gasteiger partial charge in [-0.25, -0.2) is 4.79 Å². The summed E-state index contributed by atoms with van der Waals surface area (Å²) in [4.78, 5) is 33.6. The van der Waals surface area contributed by atoms with Gasteiger partial charge in [-0.1, -0.05) is 6.42 Å². The molecule has 0 aromatic heterocycles. The van der Waals surface area contributed by atoms with Gasteiger partial charge in [0.25, 0.3) is 0 Å². The smallest absolute Gasteiger partial charge is 0.326 e. The van der Waals surface area contributed by atoms with Crippen LogP contribution in [0.15, 0.2) is 0 Å². The topological polar surface area (TPSA) is 104 Å². The SMILES string of the molecule is O=C(O)CCC(NC(=O)C1CC2CCC1C2)C(=O)O. The predicted octanol–water partition coefficient (Wildman–Crippen LogP) is 0.857. The summed E-state index contributed by atoms with van der Waals surface area (Å²) in [6, 6.07) is -1.09. The maximum Gasteiger partial charge on any atom is 0.326 e. The number of fused-ring (bicyclic) bond motifs is 2. The molecule has 2 rings (SSSR count). The van der Waals surface area contributed by atoms with Crippen LogP contribution in [0.1, 0.15) is 38.5 Å². The van der Waals surface area contributed by atoms with Crippen LogP contribution >= 0.6 is 0 Å². The van der Waals surface area contributed by atoms with Gasteiger partial charge in [0.05, 0.1) is 0 Å². The average Bonchev–Trinajstić information content (AvgIpc) is 2.95. The van der Waals surface area contributed by atoms with Crippen LogP contribution in [0.25, 0.3) is 0 Å². The molecule has 0 radical (unpaired) electrons. The van der Waals surface area contributed by atoms with Crippen LogP contribution < -0.4 is 5.32 Å². The standard InChI is InChI=1S/C13H19NO5/c15-11(16)4-3-10(13(18)19)14-12(17)9-6-7-1-2-8(9)5-7/h7-10H,1-6H2,(H,14,17)(H,15,16)(H,18,19). The molecule has 2 saturated carbocycles. The molecule has 6 heteroatoms. The molecule has 106 valence electrons. The lowest BCUT2D eigenvalue weighted by Crippen LogP contribution is -2.45. The Balaban J connectivity index is 1.88. The molecule has 0 aromatic carbocycles. The Bertz CT molecular complexity index is 394. The predicted molar refractivity (Wildman–Crippen MR) is 65.4 cm³/mol. The summed E-state index contributed by atoms with van der Waals surface area (Å²) in [6.45, 7) is 0. The van der Waals surface area contributed by atoms with Crippen LogP contribution in [0.5, 0.6) is 0 Å². The van der Waals surface area contributed by atoms with Crippen LogP contribution in [0.2, 0.25) is 0 Å². The van der Waals surface area contributed by atoms with Gasteiger partial charge in [0.15, 0.2) is 0 Å². The van der Waals surface area contributed by atoms with Gasteiger partial charge in [-0.05, 0) is 37.5 Å². The van der Waals surface area contributed by atoms with E-state index in [0.717, 1.165) is 19.3 Å². The van der Waals surface area contributed by atoms with Crippen LogP contribution in [0.4, 0.5) is 0 Å². The minimum Gasteiger partial charge on any atom is -0.481 e. The van der Waals surface area contributed by atoms with E-state index in [1.165, 1.54) is 6.42 Å². The van der Waals surface area contributed by atoms with Gasteiger partial charge in [-0.3, -0.25) is 9.59 Å². The van der Waals surface area contributed by atoms with Crippen molar-refractivity contribution in [2.24, 2.45) is 17.8 Å². The number of aliphatic carboxylic acids is 2. The van der Waals surface area contributed by atoms with Gasteiger partial charge in [0.2, 0.25) is 5.91 Å². The summed E-state index contributed by atoms with van der Waals surface area (Å²) in [7, 11) is 0. The highest BCUT2D eigenvalue weighted by Crippen LogP contribution is 2.48. The molecule has 0 spiro atoms. The molecule has 0 aromatic rings. The highest BCUT2D eigenvalue weighted by molar-refractivity contribution is 5.85. The zero-order chi connectivity index (χ0) is 14.0. The first-order chi connectivity index (χ1) is 8.97. The van der Waals surface area contributed by atoms with Gasteiger partial charge in [-0.15, -0.1) is 0 Å². The van der Waals surface area contributed by atoms with Crippen LogP contribution in [-0.4, -0.2) is 34.1 Å². The van der Waals surface area contributed by atoms with E-state index in [-0.39, 0.29) is 24.7 Å². The van der Waals surface area contributed by atoms with Crippen molar-refractivity contribution in [1.29, 1.82) is 0 Å². The second-order valence-electron chi connectivity index (χ2n) is 5.61. The number of hydrogen-bond donors (Lipinski definition) is 3. The number of carboxylic acid groups (broad SMARTS) is 2. The number of carboxylic acids is 2. The highest BCUT2D eigenvalue weighted by Gasteiger charge is 2.43. The minimum atomic E-state index is -1.17. The van der Waals surface area contributed by atoms with Crippen molar-refractivity contribution in [2.45, 2.75) is 44.6 Å². The Morgan fingerprint density at radius 1 is 1.16 bits per heavy atom. The first-order valence-electron chi connectivity index (χ1n) is 6.72. The zero-order valence-electron chi connectivity index (χ0n) is 10.7. The number of carbonyl (C=O) groups is 3. The molecule has 19 heavy (non-hydrogen) atoms. The molecule has 0 heterocycles. The van der Waals surface area contributed by atoms with Crippen molar-refractivity contribution in [3.05, 3.63) is 0 Å². The van der Waals surface area contributed by atoms with Crippen LogP contribution in [-0.2, 0) is 14.4 Å². The van der Waals surface area contributed by atoms with E-state index in [0.29, 0.717) is 11.8 Å². The van der Waals surface area contributed by atoms with Crippen molar-refractivity contribution in [3.8, 4) is 0 Å². The van der Waals surface area contributed by atoms with Gasteiger partial charge in [-0.2, -0.15) is 0 Å². The number of nitrogens with one attached hydrogen (secondary N) is 1. The van der Waals surface area contributed by atoms with Crippen molar-refractivity contribution in [1.82, 2.24) is 5.32 Å². The molecule has 4 unspecified atom stereocenters. The Hall–Kier alpha value is -1.59. The Morgan fingerprint density at radius 3 is 2.37 bits per heavy atom. The van der Waals surface area contributed by atoms with Gasteiger partial charge in [0.1, 0.15) is 6.04 Å². The summed E-state index contributed by atoms with van der Waals surface area (Å²) in [5, 5.41) is 20.1. The number of hydrogen-bond acceptors (Lipinski definition) is 3. The van der Waals surface area contributed by atoms with E-state index in [1.807, 2.05) is 0 Å². The summed E-state index contributed by atoms with van der Waals surface area (Å²) in [5.74, 6) is -1.52. The van der Waals surface area contributed by atoms with Gasteiger partial charge >= 0.3 is 11.9 Å². The third-order valence-electron chi connectivity index (χ3n) is 4.34. The van der Waals surface area contributed by atoms with E-state index < -0.39 is 18.0 Å². The second-order valence-corrected chi connectivity index (χ2v) is 5.61. The Kier molecular flexibility index (Phi) is 4.07. The molecule has 2 bridgehead atoms. The van der Waals surface area contributed by atoms with E-state index in [9.17, 15) is 14.4 Å². The van der Waals surface area contributed by atoms with Crippen molar-refractivity contribution >= 4 is 17.8 Å². The molecule has 3 N–H and O–H groups in total. The molecule has 2 aliphatic rings. The molecule has 0 aliphatic heterocycles. The normalized spacial score (nSPS) is 30.0. The number of rotatable bonds is 6. The molecule has 2 aliphatic carbocycles. The van der Waals surface area contributed by atoms with Crippen LogP contribution in [0, 0.1) is 17.8 Å². The van der Waals surface area contributed by atoms with Gasteiger partial charge in [0, 0.05) is 12.3 Å². The lowest BCUT2D eigenvalue weighted by atomic mass is 9.88. The lowest BCUT2D eigenvalue weighted by Gasteiger charge is -2.23. The van der Waals surface area contributed by atoms with E-state index >= 15 is 0 Å². The summed E-state index contributed by atoms with van der Waals surface area (Å²) in [5.41, 5.74) is 0. The number of carbonyl (C=O) groups excluding carboxylic acids is 1. The minimum absolute atomic E-state index is 0.0722. The van der Waals surface area contributed by atoms with Gasteiger partial charge < -0.3 is 15.5 Å². The monoisotopic (exact) mass is 269 g/mol. The molecular weight excluding hydrogens is 250 g/mol. The quantitative estimate of drug-likeness (QED) is 0.663. The summed E-state index contributed by atoms with van der Waals surface area (Å²) < 4.78 is 0. The molecular formula is C13H19NO5. The van der Waals surface area contributed by atoms with Crippen molar-refractivity contribution < 1.29 is 24.6 Å². The molecule has 6 nitrogen and oxygen atoms in total. The number of amides is 1. The van der Waals surface area contributed by atoms with Crippen molar-refractivity contribution in [3.63, 3.8) is 0 Å². The first-order valence-corrected chi connectivity index (χ1v) is 6.72. The third-order valence-corrected chi connectivity index (χ3v) is 4.34. The maximum absolute atomic E-state index is 12.1. The fourth-order valence-corrected chi connectivity index (χ4v) is 3.37. The summed E-state index contributed by atoms with van der Waals surface area (Å²) in [6.07, 6.45) is 3.82. The maximum atomic E-state index is 12.1. The molecule has 2 fully saturated rings. The van der Waals surface area contributed by atoms with Crippen LogP contribution in [0.3, 0.4) is 0 Å². The largest absolute Gasteiger partial charge is 0.481 e. The zero-order valence-corrected chi connectivity index (χ0v) is 10.7. The molecule has 1 amide bonds.